The Balaban J connectivity index is 1.87. The molecule has 0 radical (unpaired) electrons. The smallest absolute Gasteiger partial charge is 0.322 e. The summed E-state index contributed by atoms with van der Waals surface area (Å²) in [6, 6.07) is 10.4. The average Bonchev–Trinajstić information content (AvgIpc) is 2.79. The molecule has 0 aliphatic rings. The maximum atomic E-state index is 15.0. The largest absolute Gasteiger partial charge is 0.435 e. The van der Waals surface area contributed by atoms with Gasteiger partial charge in [0.1, 0.15) is 0 Å². The van der Waals surface area contributed by atoms with Crippen LogP contribution in [0.1, 0.15) is 31.8 Å². The zero-order valence-electron chi connectivity index (χ0n) is 18.5. The number of hydrogen-bond donors (Lipinski definition) is 2. The van der Waals surface area contributed by atoms with Crippen LogP contribution in [0.15, 0.2) is 60.7 Å². The second-order valence-corrected chi connectivity index (χ2v) is 8.15. The van der Waals surface area contributed by atoms with Gasteiger partial charge in [-0.1, -0.05) is 41.9 Å². The summed E-state index contributed by atoms with van der Waals surface area (Å²) >= 11 is 5.93. The van der Waals surface area contributed by atoms with Crippen molar-refractivity contribution in [2.45, 2.75) is 24.9 Å². The summed E-state index contributed by atoms with van der Waals surface area (Å²) in [5, 5.41) is 4.49. The molecule has 2 N–H and O–H groups in total. The van der Waals surface area contributed by atoms with Crippen molar-refractivity contribution in [3.05, 3.63) is 93.8 Å². The minimum absolute atomic E-state index is 0.0239. The number of benzene rings is 3. The quantitative estimate of drug-likeness (QED) is 0.322. The van der Waals surface area contributed by atoms with Crippen molar-refractivity contribution in [2.75, 3.05) is 10.6 Å². The van der Waals surface area contributed by atoms with Gasteiger partial charge in [-0.05, 0) is 42.8 Å². The van der Waals surface area contributed by atoms with E-state index in [9.17, 15) is 44.7 Å². The van der Waals surface area contributed by atoms with Crippen molar-refractivity contribution >= 4 is 34.8 Å². The number of alkyl halides is 7. The number of halogens is 9. The predicted octanol–water partition coefficient (Wildman–Crippen LogP) is 7.58. The molecule has 0 bridgehead atoms. The molecule has 0 heterocycles. The van der Waals surface area contributed by atoms with Gasteiger partial charge in [0.2, 0.25) is 0 Å². The van der Waals surface area contributed by atoms with Gasteiger partial charge in [-0.15, -0.1) is 0 Å². The Morgan fingerprint density at radius 2 is 1.27 bits per heavy atom. The zero-order valence-corrected chi connectivity index (χ0v) is 19.2. The highest BCUT2D eigenvalue weighted by molar-refractivity contribution is 6.34. The summed E-state index contributed by atoms with van der Waals surface area (Å²) in [6.07, 6.45) is -12.6. The Morgan fingerprint density at radius 3 is 1.84 bits per heavy atom. The van der Waals surface area contributed by atoms with Crippen LogP contribution in [0.25, 0.3) is 0 Å². The molecule has 13 heteroatoms. The van der Waals surface area contributed by atoms with Gasteiger partial charge in [0, 0.05) is 11.3 Å². The highest BCUT2D eigenvalue weighted by Gasteiger charge is 2.73. The van der Waals surface area contributed by atoms with Crippen LogP contribution in [0.2, 0.25) is 5.02 Å². The minimum atomic E-state index is -6.31. The molecule has 0 aliphatic carbocycles. The van der Waals surface area contributed by atoms with E-state index in [4.69, 9.17) is 11.6 Å². The fourth-order valence-corrected chi connectivity index (χ4v) is 3.56. The molecule has 37 heavy (non-hydrogen) atoms. The van der Waals surface area contributed by atoms with E-state index in [0.29, 0.717) is 6.07 Å². The zero-order chi connectivity index (χ0) is 27.8. The van der Waals surface area contributed by atoms with Gasteiger partial charge < -0.3 is 10.6 Å². The normalized spacial score (nSPS) is 12.3. The van der Waals surface area contributed by atoms with E-state index in [1.165, 1.54) is 24.3 Å². The van der Waals surface area contributed by atoms with Crippen LogP contribution < -0.4 is 10.6 Å². The molecule has 0 fully saturated rings. The number of anilines is 2. The molecule has 0 spiro atoms. The Bertz CT molecular complexity index is 1340. The molecular weight excluding hydrogens is 536 g/mol. The van der Waals surface area contributed by atoms with Gasteiger partial charge in [-0.25, -0.2) is 8.78 Å². The molecule has 0 aromatic heterocycles. The Hall–Kier alpha value is -3.67. The lowest BCUT2D eigenvalue weighted by atomic mass is 9.92. The number of nitrogens with one attached hydrogen (secondary N) is 2. The van der Waals surface area contributed by atoms with E-state index in [1.807, 2.05) is 0 Å². The van der Waals surface area contributed by atoms with E-state index >= 15 is 0 Å². The fourth-order valence-electron chi connectivity index (χ4n) is 3.33. The fraction of sp³-hybridized carbons (Fsp3) is 0.167. The van der Waals surface area contributed by atoms with Gasteiger partial charge in [0.25, 0.3) is 11.8 Å². The summed E-state index contributed by atoms with van der Waals surface area (Å²) in [7, 11) is 0. The van der Waals surface area contributed by atoms with Gasteiger partial charge in [0.15, 0.2) is 5.82 Å². The topological polar surface area (TPSA) is 58.2 Å². The maximum Gasteiger partial charge on any atom is 0.435 e. The summed E-state index contributed by atoms with van der Waals surface area (Å²) in [4.78, 5) is 25.0. The third-order valence-corrected chi connectivity index (χ3v) is 5.59. The monoisotopic (exact) mass is 550 g/mol. The van der Waals surface area contributed by atoms with E-state index in [-0.39, 0.29) is 34.0 Å². The Labute approximate surface area is 209 Å². The molecule has 3 aromatic carbocycles. The van der Waals surface area contributed by atoms with Crippen molar-refractivity contribution in [3.8, 4) is 0 Å². The molecule has 3 rings (SSSR count). The van der Waals surface area contributed by atoms with Crippen molar-refractivity contribution < 1.29 is 44.7 Å². The molecule has 0 saturated carbocycles. The number of amides is 2. The second kappa shape index (κ2) is 10.0. The lowest BCUT2D eigenvalue weighted by Gasteiger charge is -2.30. The standard InChI is InChI=1S/C24H15ClF8N2O2/c1-12-11-13(22(27,23(28,29)30)24(31,32)33)9-10-17(12)34-21(37)15-6-4-8-18(19(15)26)35-20(36)14-5-2-3-7-16(14)25/h2-11H,1H3,(H,34,37)(H,35,36). The molecule has 196 valence electrons. The second-order valence-electron chi connectivity index (χ2n) is 7.74. The molecule has 4 nitrogen and oxygen atoms in total. The SMILES string of the molecule is Cc1cc(C(F)(C(F)(F)F)C(F)(F)F)ccc1NC(=O)c1cccc(NC(=O)c2ccccc2Cl)c1F. The van der Waals surface area contributed by atoms with Crippen LogP contribution in [-0.4, -0.2) is 24.2 Å². The lowest BCUT2D eigenvalue weighted by Crippen LogP contribution is -2.50. The van der Waals surface area contributed by atoms with Crippen molar-refractivity contribution in [1.29, 1.82) is 0 Å². The highest BCUT2D eigenvalue weighted by atomic mass is 35.5. The number of rotatable bonds is 5. The van der Waals surface area contributed by atoms with Crippen LogP contribution in [0.3, 0.4) is 0 Å². The van der Waals surface area contributed by atoms with Crippen LogP contribution >= 0.6 is 11.6 Å². The van der Waals surface area contributed by atoms with Crippen LogP contribution in [0, 0.1) is 12.7 Å². The number of aryl methyl sites for hydroxylation is 1. The van der Waals surface area contributed by atoms with E-state index in [2.05, 4.69) is 10.6 Å². The molecular formula is C24H15ClF8N2O2. The van der Waals surface area contributed by atoms with Crippen molar-refractivity contribution in [1.82, 2.24) is 0 Å². The Kier molecular flexibility index (Phi) is 7.54. The minimum Gasteiger partial charge on any atom is -0.322 e. The molecule has 0 aliphatic heterocycles. The van der Waals surface area contributed by atoms with Gasteiger partial charge in [-0.2, -0.15) is 26.3 Å². The first-order valence-corrected chi connectivity index (χ1v) is 10.5. The lowest BCUT2D eigenvalue weighted by molar-refractivity contribution is -0.348. The average molecular weight is 551 g/mol. The summed E-state index contributed by atoms with van der Waals surface area (Å²) in [5.74, 6) is -3.09. The number of carbonyl (C=O) groups excluding carboxylic acids is 2. The van der Waals surface area contributed by atoms with Crippen molar-refractivity contribution in [3.63, 3.8) is 0 Å². The van der Waals surface area contributed by atoms with Crippen LogP contribution in [0.4, 0.5) is 46.5 Å². The van der Waals surface area contributed by atoms with E-state index in [1.54, 1.807) is 6.07 Å². The highest BCUT2D eigenvalue weighted by Crippen LogP contribution is 2.53. The Morgan fingerprint density at radius 1 is 0.730 bits per heavy atom. The first kappa shape index (κ1) is 27.9. The third-order valence-electron chi connectivity index (χ3n) is 5.26. The predicted molar refractivity (Wildman–Crippen MR) is 120 cm³/mol. The molecule has 2 amide bonds. The van der Waals surface area contributed by atoms with E-state index in [0.717, 1.165) is 19.1 Å². The van der Waals surface area contributed by atoms with Crippen LogP contribution in [0.5, 0.6) is 0 Å². The molecule has 0 atom stereocenters. The van der Waals surface area contributed by atoms with Crippen molar-refractivity contribution in [2.24, 2.45) is 0 Å². The number of carbonyl (C=O) groups is 2. The molecule has 0 saturated heterocycles. The first-order valence-electron chi connectivity index (χ1n) is 10.2. The van der Waals surface area contributed by atoms with Crippen LogP contribution in [-0.2, 0) is 5.67 Å². The number of hydrogen-bond acceptors (Lipinski definition) is 2. The third kappa shape index (κ3) is 5.38. The molecule has 3 aromatic rings. The molecule has 0 unspecified atom stereocenters. The summed E-state index contributed by atoms with van der Waals surface area (Å²) in [6.45, 7) is 1.03. The van der Waals surface area contributed by atoms with E-state index < -0.39 is 52.5 Å². The summed E-state index contributed by atoms with van der Waals surface area (Å²) < 4.78 is 107. The summed E-state index contributed by atoms with van der Waals surface area (Å²) in [5.41, 5.74) is -9.02. The van der Waals surface area contributed by atoms with Gasteiger partial charge in [0.05, 0.1) is 21.8 Å². The van der Waals surface area contributed by atoms with Gasteiger partial charge in [-0.3, -0.25) is 9.59 Å². The first-order chi connectivity index (χ1) is 17.1. The maximum absolute atomic E-state index is 15.0. The van der Waals surface area contributed by atoms with Gasteiger partial charge >= 0.3 is 18.0 Å².